The third-order valence-corrected chi connectivity index (χ3v) is 2.94. The number of Topliss-reactive ketones (excluding diaryl/α,β-unsaturated/α-hetero) is 1. The van der Waals surface area contributed by atoms with Gasteiger partial charge in [-0.15, -0.1) is 0 Å². The summed E-state index contributed by atoms with van der Waals surface area (Å²) >= 11 is 0. The zero-order chi connectivity index (χ0) is 14.0. The monoisotopic (exact) mass is 253 g/mol. The smallest absolute Gasteiger partial charge is 0.408 e. The lowest BCUT2D eigenvalue weighted by Crippen LogP contribution is -2.59. The maximum absolute atomic E-state index is 12.1. The van der Waals surface area contributed by atoms with Gasteiger partial charge in [-0.2, -0.15) is 0 Å². The van der Waals surface area contributed by atoms with Crippen LogP contribution >= 0.6 is 0 Å². The Bertz CT molecular complexity index is 362. The third kappa shape index (κ3) is 3.86. The van der Waals surface area contributed by atoms with Crippen LogP contribution in [0, 0.1) is 0 Å². The van der Waals surface area contributed by atoms with Crippen molar-refractivity contribution in [1.82, 2.24) is 5.32 Å². The molecule has 1 aliphatic rings. The molecule has 0 heterocycles. The van der Waals surface area contributed by atoms with Crippen molar-refractivity contribution < 1.29 is 14.3 Å². The van der Waals surface area contributed by atoms with Crippen LogP contribution in [0.15, 0.2) is 12.2 Å². The Morgan fingerprint density at radius 1 is 1.33 bits per heavy atom. The van der Waals surface area contributed by atoms with Gasteiger partial charge in [0.05, 0.1) is 0 Å². The summed E-state index contributed by atoms with van der Waals surface area (Å²) in [6.07, 6.45) is 2.14. The van der Waals surface area contributed by atoms with E-state index in [1.54, 1.807) is 20.8 Å². The first kappa shape index (κ1) is 14.7. The highest BCUT2D eigenvalue weighted by Gasteiger charge is 2.45. The van der Waals surface area contributed by atoms with Gasteiger partial charge in [0, 0.05) is 6.42 Å². The van der Waals surface area contributed by atoms with E-state index < -0.39 is 17.2 Å². The third-order valence-electron chi connectivity index (χ3n) is 2.94. The number of nitrogens with one attached hydrogen (secondary N) is 1. The molecule has 0 radical (unpaired) electrons. The molecule has 0 aromatic rings. The summed E-state index contributed by atoms with van der Waals surface area (Å²) in [7, 11) is 0. The van der Waals surface area contributed by atoms with Crippen LogP contribution in [0.25, 0.3) is 0 Å². The molecule has 1 fully saturated rings. The summed E-state index contributed by atoms with van der Waals surface area (Å²) in [5, 5.41) is 2.74. The number of ketones is 1. The summed E-state index contributed by atoms with van der Waals surface area (Å²) in [6.45, 7) is 11.0. The minimum atomic E-state index is -0.721. The number of hydrogen-bond donors (Lipinski definition) is 1. The molecular weight excluding hydrogens is 230 g/mol. The van der Waals surface area contributed by atoms with Crippen molar-refractivity contribution in [3.05, 3.63) is 12.2 Å². The van der Waals surface area contributed by atoms with E-state index in [9.17, 15) is 9.59 Å². The zero-order valence-electron chi connectivity index (χ0n) is 11.8. The quantitative estimate of drug-likeness (QED) is 0.784. The van der Waals surface area contributed by atoms with Gasteiger partial charge in [0.25, 0.3) is 0 Å². The Kier molecular flexibility index (Phi) is 4.20. The highest BCUT2D eigenvalue weighted by molar-refractivity contribution is 5.93. The molecule has 1 N–H and O–H groups in total. The molecule has 0 atom stereocenters. The Labute approximate surface area is 109 Å². The number of carbonyl (C=O) groups is 2. The molecule has 1 saturated carbocycles. The summed E-state index contributed by atoms with van der Waals surface area (Å²) in [6, 6.07) is 0. The van der Waals surface area contributed by atoms with Crippen LogP contribution in [0.4, 0.5) is 4.79 Å². The number of carbonyl (C=O) groups excluding carboxylic acids is 2. The predicted molar refractivity (Wildman–Crippen MR) is 70.4 cm³/mol. The van der Waals surface area contributed by atoms with E-state index in [0.29, 0.717) is 19.3 Å². The van der Waals surface area contributed by atoms with Crippen molar-refractivity contribution in [2.24, 2.45) is 0 Å². The molecule has 0 unspecified atom stereocenters. The van der Waals surface area contributed by atoms with E-state index in [0.717, 1.165) is 12.0 Å². The van der Waals surface area contributed by atoms with Crippen molar-refractivity contribution in [3.63, 3.8) is 0 Å². The van der Waals surface area contributed by atoms with Crippen molar-refractivity contribution >= 4 is 11.9 Å². The summed E-state index contributed by atoms with van der Waals surface area (Å²) in [5.41, 5.74) is -0.453. The molecule has 102 valence electrons. The lowest BCUT2D eigenvalue weighted by atomic mass is 9.72. The SMILES string of the molecule is C=C(C)CC(=O)C1(NC(=O)OC(C)(C)C)CCC1. The molecule has 4 nitrogen and oxygen atoms in total. The van der Waals surface area contributed by atoms with Gasteiger partial charge >= 0.3 is 6.09 Å². The number of amides is 1. The molecule has 4 heteroatoms. The van der Waals surface area contributed by atoms with Crippen LogP contribution in [0.2, 0.25) is 0 Å². The topological polar surface area (TPSA) is 55.4 Å². The lowest BCUT2D eigenvalue weighted by molar-refractivity contribution is -0.128. The van der Waals surface area contributed by atoms with E-state index in [1.165, 1.54) is 0 Å². The van der Waals surface area contributed by atoms with Gasteiger partial charge < -0.3 is 10.1 Å². The normalized spacial score (nSPS) is 17.6. The molecule has 1 aliphatic carbocycles. The highest BCUT2D eigenvalue weighted by atomic mass is 16.6. The number of ether oxygens (including phenoxy) is 1. The van der Waals surface area contributed by atoms with Crippen LogP contribution in [0.3, 0.4) is 0 Å². The Hall–Kier alpha value is -1.32. The zero-order valence-corrected chi connectivity index (χ0v) is 11.8. The van der Waals surface area contributed by atoms with Crippen molar-refractivity contribution in [2.45, 2.75) is 64.5 Å². The second kappa shape index (κ2) is 5.12. The second-order valence-electron chi connectivity index (χ2n) is 6.12. The van der Waals surface area contributed by atoms with Gasteiger partial charge in [0.2, 0.25) is 0 Å². The van der Waals surface area contributed by atoms with E-state index in [4.69, 9.17) is 4.74 Å². The predicted octanol–water partition coefficient (Wildman–Crippen LogP) is 2.97. The Morgan fingerprint density at radius 3 is 2.22 bits per heavy atom. The number of alkyl carbamates (subject to hydrolysis) is 1. The Balaban J connectivity index is 2.63. The summed E-state index contributed by atoms with van der Waals surface area (Å²) in [5.74, 6) is 0.0344. The first-order valence-corrected chi connectivity index (χ1v) is 6.33. The van der Waals surface area contributed by atoms with E-state index in [2.05, 4.69) is 11.9 Å². The largest absolute Gasteiger partial charge is 0.444 e. The molecule has 0 spiro atoms. The van der Waals surface area contributed by atoms with Crippen molar-refractivity contribution in [2.75, 3.05) is 0 Å². The Morgan fingerprint density at radius 2 is 1.89 bits per heavy atom. The van der Waals surface area contributed by atoms with Gasteiger partial charge in [-0.3, -0.25) is 4.79 Å². The van der Waals surface area contributed by atoms with E-state index in [1.807, 2.05) is 6.92 Å². The molecule has 0 saturated heterocycles. The van der Waals surface area contributed by atoms with Crippen LogP contribution in [-0.2, 0) is 9.53 Å². The van der Waals surface area contributed by atoms with Crippen molar-refractivity contribution in [1.29, 1.82) is 0 Å². The molecule has 0 aromatic heterocycles. The minimum absolute atomic E-state index is 0.0344. The number of allylic oxidation sites excluding steroid dienone is 1. The van der Waals surface area contributed by atoms with Crippen LogP contribution < -0.4 is 5.32 Å². The molecule has 0 aromatic carbocycles. The van der Waals surface area contributed by atoms with Crippen molar-refractivity contribution in [3.8, 4) is 0 Å². The number of rotatable bonds is 4. The minimum Gasteiger partial charge on any atom is -0.444 e. The second-order valence-corrected chi connectivity index (χ2v) is 6.12. The fourth-order valence-corrected chi connectivity index (χ4v) is 1.95. The summed E-state index contributed by atoms with van der Waals surface area (Å²) < 4.78 is 5.20. The molecule has 0 bridgehead atoms. The maximum atomic E-state index is 12.1. The first-order valence-electron chi connectivity index (χ1n) is 6.33. The molecule has 0 aliphatic heterocycles. The highest BCUT2D eigenvalue weighted by Crippen LogP contribution is 2.34. The molecular formula is C14H23NO3. The van der Waals surface area contributed by atoms with Gasteiger partial charge in [0.15, 0.2) is 5.78 Å². The van der Waals surface area contributed by atoms with Gasteiger partial charge in [0.1, 0.15) is 11.1 Å². The average molecular weight is 253 g/mol. The fourth-order valence-electron chi connectivity index (χ4n) is 1.95. The van der Waals surface area contributed by atoms with E-state index in [-0.39, 0.29) is 5.78 Å². The fraction of sp³-hybridized carbons (Fsp3) is 0.714. The van der Waals surface area contributed by atoms with Gasteiger partial charge in [-0.25, -0.2) is 4.79 Å². The molecule has 1 rings (SSSR count). The standard InChI is InChI=1S/C14H23NO3/c1-10(2)9-11(16)14(7-6-8-14)15-12(17)18-13(3,4)5/h1,6-9H2,2-5H3,(H,15,17). The van der Waals surface area contributed by atoms with E-state index >= 15 is 0 Å². The van der Waals surface area contributed by atoms with Gasteiger partial charge in [-0.05, 0) is 47.0 Å². The molecule has 1 amide bonds. The van der Waals surface area contributed by atoms with Gasteiger partial charge in [-0.1, -0.05) is 12.2 Å². The maximum Gasteiger partial charge on any atom is 0.408 e. The summed E-state index contributed by atoms with van der Waals surface area (Å²) in [4.78, 5) is 23.9. The van der Waals surface area contributed by atoms with Crippen LogP contribution in [0.5, 0.6) is 0 Å². The lowest BCUT2D eigenvalue weighted by Gasteiger charge is -2.41. The number of hydrogen-bond acceptors (Lipinski definition) is 3. The van der Waals surface area contributed by atoms with Crippen LogP contribution in [-0.4, -0.2) is 23.0 Å². The van der Waals surface area contributed by atoms with Crippen LogP contribution in [0.1, 0.15) is 53.4 Å². The molecule has 18 heavy (non-hydrogen) atoms. The first-order chi connectivity index (χ1) is 8.15. The average Bonchev–Trinajstić information content (AvgIpc) is 2.06.